The number of H-pyrrole nitrogens is 1. The van der Waals surface area contributed by atoms with Crippen molar-refractivity contribution in [2.75, 3.05) is 0 Å². The van der Waals surface area contributed by atoms with Gasteiger partial charge in [-0.1, -0.05) is 12.1 Å². The van der Waals surface area contributed by atoms with Crippen LogP contribution in [0, 0.1) is 13.8 Å². The maximum Gasteiger partial charge on any atom is 0.308 e. The third-order valence-corrected chi connectivity index (χ3v) is 3.36. The molecular weight excluding hydrogens is 270 g/mol. The Morgan fingerprint density at radius 1 is 1.38 bits per heavy atom. The topological polar surface area (TPSA) is 42.1 Å². The molecule has 0 aliphatic heterocycles. The third kappa shape index (κ3) is 1.73. The largest absolute Gasteiger partial charge is 0.424 e. The normalized spacial score (nSPS) is 10.8. The van der Waals surface area contributed by atoms with E-state index in [0.717, 1.165) is 26.6 Å². The van der Waals surface area contributed by atoms with Crippen molar-refractivity contribution in [2.45, 2.75) is 20.8 Å². The molecule has 84 valence electrons. The van der Waals surface area contributed by atoms with Crippen molar-refractivity contribution in [3.63, 3.8) is 0 Å². The predicted octanol–water partition coefficient (Wildman–Crippen LogP) is 3.47. The molecule has 0 unspecified atom stereocenters. The molecule has 0 fully saturated rings. The molecule has 1 N–H and O–H groups in total. The first-order chi connectivity index (χ1) is 7.50. The Hall–Kier alpha value is -1.29. The quantitative estimate of drug-likeness (QED) is 0.642. The van der Waals surface area contributed by atoms with Gasteiger partial charge in [-0.3, -0.25) is 4.79 Å². The van der Waals surface area contributed by atoms with E-state index in [9.17, 15) is 4.79 Å². The van der Waals surface area contributed by atoms with Gasteiger partial charge in [0.05, 0.1) is 10.1 Å². The fourth-order valence-corrected chi connectivity index (χ4v) is 2.13. The molecule has 1 aromatic carbocycles. The van der Waals surface area contributed by atoms with E-state index in [-0.39, 0.29) is 5.97 Å². The van der Waals surface area contributed by atoms with Gasteiger partial charge in [0.1, 0.15) is 0 Å². The maximum absolute atomic E-state index is 11.1. The minimum atomic E-state index is -0.307. The molecule has 0 spiro atoms. The first-order valence-electron chi connectivity index (χ1n) is 4.96. The summed E-state index contributed by atoms with van der Waals surface area (Å²) >= 11 is 3.44. The number of hydrogen-bond donors (Lipinski definition) is 1. The summed E-state index contributed by atoms with van der Waals surface area (Å²) in [5.74, 6) is 0.303. The number of carbonyl (C=O) groups excluding carboxylic acids is 1. The van der Waals surface area contributed by atoms with Crippen molar-refractivity contribution in [1.82, 2.24) is 4.98 Å². The van der Waals surface area contributed by atoms with E-state index in [1.165, 1.54) is 6.92 Å². The highest BCUT2D eigenvalue weighted by Crippen LogP contribution is 2.34. The molecule has 1 aromatic heterocycles. The van der Waals surface area contributed by atoms with Crippen LogP contribution in [-0.4, -0.2) is 11.0 Å². The summed E-state index contributed by atoms with van der Waals surface area (Å²) < 4.78 is 6.15. The van der Waals surface area contributed by atoms with Gasteiger partial charge in [-0.25, -0.2) is 0 Å². The van der Waals surface area contributed by atoms with Gasteiger partial charge in [0, 0.05) is 12.3 Å². The summed E-state index contributed by atoms with van der Waals surface area (Å²) in [7, 11) is 0. The van der Waals surface area contributed by atoms with Crippen LogP contribution in [0.25, 0.3) is 10.9 Å². The standard InChI is InChI=1S/C12H12BrNO2/c1-6-4-5-9-7(2)12(13)14-10(9)11(6)16-8(3)15/h4-5,14H,1-3H3. The number of nitrogens with one attached hydrogen (secondary N) is 1. The Balaban J connectivity index is 2.74. The number of rotatable bonds is 1. The van der Waals surface area contributed by atoms with Gasteiger partial charge in [-0.2, -0.15) is 0 Å². The van der Waals surface area contributed by atoms with E-state index in [0.29, 0.717) is 5.75 Å². The molecule has 0 atom stereocenters. The van der Waals surface area contributed by atoms with E-state index in [2.05, 4.69) is 20.9 Å². The maximum atomic E-state index is 11.1. The summed E-state index contributed by atoms with van der Waals surface area (Å²) in [5, 5.41) is 1.06. The fourth-order valence-electron chi connectivity index (χ4n) is 1.72. The Morgan fingerprint density at radius 2 is 2.06 bits per heavy atom. The lowest BCUT2D eigenvalue weighted by Crippen LogP contribution is -2.03. The Kier molecular flexibility index (Phi) is 2.76. The van der Waals surface area contributed by atoms with Gasteiger partial charge >= 0.3 is 5.97 Å². The van der Waals surface area contributed by atoms with Crippen LogP contribution in [0.15, 0.2) is 16.7 Å². The van der Waals surface area contributed by atoms with E-state index in [1.54, 1.807) is 0 Å². The second kappa shape index (κ2) is 3.94. The first kappa shape index (κ1) is 11.2. The number of hydrogen-bond acceptors (Lipinski definition) is 2. The predicted molar refractivity (Wildman–Crippen MR) is 66.8 cm³/mol. The highest BCUT2D eigenvalue weighted by Gasteiger charge is 2.13. The third-order valence-electron chi connectivity index (χ3n) is 2.57. The number of aromatic nitrogens is 1. The highest BCUT2D eigenvalue weighted by atomic mass is 79.9. The number of carbonyl (C=O) groups is 1. The number of aromatic amines is 1. The van der Waals surface area contributed by atoms with Crippen LogP contribution in [0.5, 0.6) is 5.75 Å². The number of esters is 1. The van der Waals surface area contributed by atoms with E-state index < -0.39 is 0 Å². The van der Waals surface area contributed by atoms with Crippen molar-refractivity contribution < 1.29 is 9.53 Å². The van der Waals surface area contributed by atoms with Crippen molar-refractivity contribution in [3.05, 3.63) is 27.9 Å². The monoisotopic (exact) mass is 281 g/mol. The van der Waals surface area contributed by atoms with Crippen LogP contribution in [-0.2, 0) is 4.79 Å². The molecule has 0 saturated heterocycles. The summed E-state index contributed by atoms with van der Waals surface area (Å²) in [6, 6.07) is 3.97. The summed E-state index contributed by atoms with van der Waals surface area (Å²) in [6.45, 7) is 5.33. The second-order valence-electron chi connectivity index (χ2n) is 3.79. The van der Waals surface area contributed by atoms with Crippen molar-refractivity contribution in [3.8, 4) is 5.75 Å². The van der Waals surface area contributed by atoms with Gasteiger partial charge in [0.25, 0.3) is 0 Å². The summed E-state index contributed by atoms with van der Waals surface area (Å²) in [4.78, 5) is 14.2. The average Bonchev–Trinajstić information content (AvgIpc) is 2.48. The van der Waals surface area contributed by atoms with Gasteiger partial charge in [-0.15, -0.1) is 0 Å². The zero-order valence-corrected chi connectivity index (χ0v) is 10.9. The van der Waals surface area contributed by atoms with Crippen LogP contribution in [0.2, 0.25) is 0 Å². The molecular formula is C12H12BrNO2. The number of fused-ring (bicyclic) bond motifs is 1. The highest BCUT2D eigenvalue weighted by molar-refractivity contribution is 9.10. The molecule has 2 rings (SSSR count). The molecule has 4 heteroatoms. The molecule has 16 heavy (non-hydrogen) atoms. The number of benzene rings is 1. The van der Waals surface area contributed by atoms with Crippen LogP contribution in [0.4, 0.5) is 0 Å². The lowest BCUT2D eigenvalue weighted by Gasteiger charge is -2.06. The lowest BCUT2D eigenvalue weighted by molar-refractivity contribution is -0.131. The molecule has 2 aromatic rings. The molecule has 0 amide bonds. The van der Waals surface area contributed by atoms with Gasteiger partial charge in [0.2, 0.25) is 0 Å². The number of aryl methyl sites for hydroxylation is 2. The molecule has 1 heterocycles. The average molecular weight is 282 g/mol. The van der Waals surface area contributed by atoms with Gasteiger partial charge < -0.3 is 9.72 Å². The molecule has 0 bridgehead atoms. The van der Waals surface area contributed by atoms with Gasteiger partial charge in [-0.05, 0) is 40.9 Å². The minimum Gasteiger partial charge on any atom is -0.424 e. The van der Waals surface area contributed by atoms with Crippen LogP contribution < -0.4 is 4.74 Å². The first-order valence-corrected chi connectivity index (χ1v) is 5.76. The Labute approximate surface area is 102 Å². The van der Waals surface area contributed by atoms with E-state index >= 15 is 0 Å². The Morgan fingerprint density at radius 3 is 2.69 bits per heavy atom. The molecule has 3 nitrogen and oxygen atoms in total. The second-order valence-corrected chi connectivity index (χ2v) is 4.58. The zero-order valence-electron chi connectivity index (χ0n) is 9.35. The van der Waals surface area contributed by atoms with Crippen molar-refractivity contribution >= 4 is 32.8 Å². The zero-order chi connectivity index (χ0) is 11.9. The van der Waals surface area contributed by atoms with E-state index in [1.807, 2.05) is 26.0 Å². The van der Waals surface area contributed by atoms with Crippen molar-refractivity contribution in [1.29, 1.82) is 0 Å². The van der Waals surface area contributed by atoms with Crippen LogP contribution in [0.3, 0.4) is 0 Å². The molecule has 0 saturated carbocycles. The van der Waals surface area contributed by atoms with E-state index in [4.69, 9.17) is 4.74 Å². The summed E-state index contributed by atoms with van der Waals surface area (Å²) in [5.41, 5.74) is 2.92. The molecule has 0 aliphatic carbocycles. The number of halogens is 1. The van der Waals surface area contributed by atoms with Gasteiger partial charge in [0.15, 0.2) is 5.75 Å². The number of ether oxygens (including phenoxy) is 1. The fraction of sp³-hybridized carbons (Fsp3) is 0.250. The minimum absolute atomic E-state index is 0.307. The SMILES string of the molecule is CC(=O)Oc1c(C)ccc2c(C)c(Br)[nH]c12. The molecule has 0 radical (unpaired) electrons. The smallest absolute Gasteiger partial charge is 0.308 e. The van der Waals surface area contributed by atoms with Crippen LogP contribution >= 0.6 is 15.9 Å². The Bertz CT molecular complexity index is 572. The lowest BCUT2D eigenvalue weighted by atomic mass is 10.1. The van der Waals surface area contributed by atoms with Crippen molar-refractivity contribution in [2.24, 2.45) is 0 Å². The van der Waals surface area contributed by atoms with Crippen LogP contribution in [0.1, 0.15) is 18.1 Å². The summed E-state index contributed by atoms with van der Waals surface area (Å²) in [6.07, 6.45) is 0. The molecule has 0 aliphatic rings.